The molecule has 5 aromatic carbocycles. The molecule has 0 aromatic heterocycles. The zero-order valence-electron chi connectivity index (χ0n) is 38.3. The molecule has 4 amide bonds. The number of aryl methyl sites for hydroxylation is 1. The Morgan fingerprint density at radius 3 is 1.81 bits per heavy atom. The van der Waals surface area contributed by atoms with Crippen molar-refractivity contribution < 1.29 is 56.1 Å². The van der Waals surface area contributed by atoms with E-state index in [-0.39, 0.29) is 26.0 Å². The number of para-hydroxylation sites is 1. The number of halogens is 3. The SMILES string of the molecule is COC(=O)N[C@H](C(=O)Nc1ccccc1CC[C@@H]1CN(C(=O)O)[C@H](COC(=O)NCC(F)(F)F)[C@@H](CO[Si](c2ccccc2)(c2ccccc2)C(C)(C)C)O1)C(c1ccccc1)c1ccccc1. The molecule has 1 aliphatic heterocycles. The van der Waals surface area contributed by atoms with Gasteiger partial charge in [-0.05, 0) is 51.0 Å². The third-order valence-electron chi connectivity index (χ3n) is 11.9. The number of amides is 4. The normalized spacial score (nSPS) is 16.9. The van der Waals surface area contributed by atoms with Gasteiger partial charge in [-0.15, -0.1) is 0 Å². The maximum absolute atomic E-state index is 14.5. The number of carbonyl (C=O) groups excluding carboxylic acids is 3. The Morgan fingerprint density at radius 2 is 1.29 bits per heavy atom. The van der Waals surface area contributed by atoms with E-state index in [0.717, 1.165) is 26.4 Å². The second kappa shape index (κ2) is 22.9. The maximum atomic E-state index is 14.5. The standard InChI is InChI=1S/C51H57F3N4O9Si/c1-50(2,3)68(39-24-13-7-14-25-39,40-26-15-8-16-27-40)66-33-43-42(32-65-47(60)55-34-51(52,53)54)58(49(62)63)31-38(67-43)30-29-35-19-17-18-28-41(35)56-46(59)45(57-48(61)64-4)44(36-20-9-5-10-21-36)37-22-11-6-12-23-37/h5-28,38,42-45H,29-34H2,1-4H3,(H,55,60)(H,56,59)(H,57,61)(H,62,63)/t38-,42-,43-,45+/m1/s1. The summed E-state index contributed by atoms with van der Waals surface area (Å²) in [6, 6.07) is 42.9. The van der Waals surface area contributed by atoms with Crippen molar-refractivity contribution >= 4 is 48.6 Å². The number of methoxy groups -OCH3 is 1. The van der Waals surface area contributed by atoms with E-state index in [1.54, 1.807) is 23.5 Å². The smallest absolute Gasteiger partial charge is 0.407 e. The van der Waals surface area contributed by atoms with E-state index in [2.05, 4.69) is 31.4 Å². The summed E-state index contributed by atoms with van der Waals surface area (Å²) in [4.78, 5) is 53.9. The molecule has 0 spiro atoms. The summed E-state index contributed by atoms with van der Waals surface area (Å²) in [5.74, 6) is -1.13. The van der Waals surface area contributed by atoms with Crippen molar-refractivity contribution in [2.75, 3.05) is 38.7 Å². The Morgan fingerprint density at radius 1 is 0.765 bits per heavy atom. The number of nitrogens with zero attached hydrogens (tertiary/aromatic N) is 1. The minimum atomic E-state index is -4.70. The molecule has 17 heteroatoms. The fourth-order valence-electron chi connectivity index (χ4n) is 8.79. The maximum Gasteiger partial charge on any atom is 0.407 e. The monoisotopic (exact) mass is 954 g/mol. The Balaban J connectivity index is 1.29. The molecule has 0 bridgehead atoms. The fraction of sp³-hybridized carbons (Fsp3) is 0.333. The Hall–Kier alpha value is -6.69. The van der Waals surface area contributed by atoms with Crippen molar-refractivity contribution in [1.29, 1.82) is 0 Å². The van der Waals surface area contributed by atoms with Gasteiger partial charge in [-0.25, -0.2) is 14.4 Å². The largest absolute Gasteiger partial charge is 0.465 e. The first-order chi connectivity index (χ1) is 32.5. The average molecular weight is 955 g/mol. The lowest BCUT2D eigenvalue weighted by molar-refractivity contribution is -0.136. The fourth-order valence-corrected chi connectivity index (χ4v) is 13.4. The summed E-state index contributed by atoms with van der Waals surface area (Å²) in [7, 11) is -2.03. The van der Waals surface area contributed by atoms with Gasteiger partial charge in [0.1, 0.15) is 25.3 Å². The summed E-state index contributed by atoms with van der Waals surface area (Å²) in [5.41, 5.74) is 2.69. The molecule has 0 radical (unpaired) electrons. The number of rotatable bonds is 17. The van der Waals surface area contributed by atoms with Crippen LogP contribution in [0.25, 0.3) is 0 Å². The predicted octanol–water partition coefficient (Wildman–Crippen LogP) is 8.10. The molecule has 0 aliphatic carbocycles. The lowest BCUT2D eigenvalue weighted by Crippen LogP contribution is -2.68. The van der Waals surface area contributed by atoms with Gasteiger partial charge < -0.3 is 39.7 Å². The third kappa shape index (κ3) is 12.8. The number of hydrogen-bond donors (Lipinski definition) is 4. The zero-order valence-corrected chi connectivity index (χ0v) is 39.3. The second-order valence-corrected chi connectivity index (χ2v) is 21.7. The number of carbonyl (C=O) groups is 4. The zero-order chi connectivity index (χ0) is 48.9. The Bertz CT molecular complexity index is 2350. The van der Waals surface area contributed by atoms with Gasteiger partial charge in [-0.2, -0.15) is 13.2 Å². The number of benzene rings is 5. The van der Waals surface area contributed by atoms with Crippen LogP contribution in [-0.4, -0.2) is 106 Å². The van der Waals surface area contributed by atoms with Crippen LogP contribution >= 0.6 is 0 Å². The molecule has 68 heavy (non-hydrogen) atoms. The van der Waals surface area contributed by atoms with Gasteiger partial charge in [0.05, 0.1) is 32.4 Å². The molecule has 4 N–H and O–H groups in total. The van der Waals surface area contributed by atoms with Gasteiger partial charge in [0, 0.05) is 11.6 Å². The molecule has 5 aromatic rings. The Kier molecular flexibility index (Phi) is 17.1. The van der Waals surface area contributed by atoms with E-state index < -0.39 is 87.1 Å². The van der Waals surface area contributed by atoms with Crippen molar-refractivity contribution in [2.45, 2.75) is 75.0 Å². The minimum absolute atomic E-state index is 0.170. The average Bonchev–Trinajstić information content (AvgIpc) is 3.33. The molecule has 13 nitrogen and oxygen atoms in total. The van der Waals surface area contributed by atoms with Gasteiger partial charge >= 0.3 is 24.5 Å². The highest BCUT2D eigenvalue weighted by Crippen LogP contribution is 2.38. The van der Waals surface area contributed by atoms with Gasteiger partial charge in [0.15, 0.2) is 0 Å². The number of alkyl carbamates (subject to hydrolysis) is 2. The molecule has 4 atom stereocenters. The van der Waals surface area contributed by atoms with Crippen LogP contribution in [0.1, 0.15) is 49.8 Å². The quantitative estimate of drug-likeness (QED) is 0.0675. The molecule has 1 aliphatic rings. The third-order valence-corrected chi connectivity index (χ3v) is 16.9. The van der Waals surface area contributed by atoms with Crippen LogP contribution in [0.3, 0.4) is 0 Å². The van der Waals surface area contributed by atoms with Crippen LogP contribution in [-0.2, 0) is 29.9 Å². The summed E-state index contributed by atoms with van der Waals surface area (Å²) in [6.45, 7) is 3.61. The molecule has 1 heterocycles. The first kappa shape index (κ1) is 50.7. The van der Waals surface area contributed by atoms with Crippen LogP contribution in [0.5, 0.6) is 0 Å². The predicted molar refractivity (Wildman–Crippen MR) is 254 cm³/mol. The van der Waals surface area contributed by atoms with Crippen molar-refractivity contribution in [2.24, 2.45) is 0 Å². The molecule has 1 fully saturated rings. The number of morpholine rings is 1. The number of alkyl halides is 3. The van der Waals surface area contributed by atoms with Gasteiger partial charge in [0.2, 0.25) is 5.91 Å². The topological polar surface area (TPSA) is 165 Å². The van der Waals surface area contributed by atoms with Crippen LogP contribution in [0.2, 0.25) is 5.04 Å². The second-order valence-electron chi connectivity index (χ2n) is 17.4. The lowest BCUT2D eigenvalue weighted by Gasteiger charge is -2.47. The van der Waals surface area contributed by atoms with Gasteiger partial charge in [-0.1, -0.05) is 160 Å². The first-order valence-electron chi connectivity index (χ1n) is 22.2. The Labute approximate surface area is 395 Å². The van der Waals surface area contributed by atoms with E-state index >= 15 is 0 Å². The summed E-state index contributed by atoms with van der Waals surface area (Å²) >= 11 is 0. The summed E-state index contributed by atoms with van der Waals surface area (Å²) in [6.07, 6.45) is -9.52. The van der Waals surface area contributed by atoms with E-state index in [0.29, 0.717) is 11.3 Å². The van der Waals surface area contributed by atoms with Crippen molar-refractivity contribution in [1.82, 2.24) is 15.5 Å². The highest BCUT2D eigenvalue weighted by atomic mass is 28.4. The molecular formula is C51H57F3N4O9Si. The molecule has 360 valence electrons. The van der Waals surface area contributed by atoms with E-state index in [1.165, 1.54) is 7.11 Å². The number of nitrogens with one attached hydrogen (secondary N) is 3. The molecule has 0 unspecified atom stereocenters. The summed E-state index contributed by atoms with van der Waals surface area (Å²) < 4.78 is 63.0. The van der Waals surface area contributed by atoms with Crippen LogP contribution in [0, 0.1) is 0 Å². The number of anilines is 1. The van der Waals surface area contributed by atoms with Crippen molar-refractivity contribution in [3.05, 3.63) is 162 Å². The summed E-state index contributed by atoms with van der Waals surface area (Å²) in [5, 5.41) is 19.5. The molecule has 6 rings (SSSR count). The van der Waals surface area contributed by atoms with Crippen molar-refractivity contribution in [3.63, 3.8) is 0 Å². The van der Waals surface area contributed by atoms with E-state index in [4.69, 9.17) is 18.6 Å². The number of hydrogen-bond acceptors (Lipinski definition) is 8. The van der Waals surface area contributed by atoms with E-state index in [1.807, 2.05) is 127 Å². The van der Waals surface area contributed by atoms with Crippen LogP contribution in [0.4, 0.5) is 33.2 Å². The molecule has 0 saturated carbocycles. The minimum Gasteiger partial charge on any atom is -0.465 e. The highest BCUT2D eigenvalue weighted by Gasteiger charge is 2.52. The molecule has 1 saturated heterocycles. The van der Waals surface area contributed by atoms with E-state index in [9.17, 15) is 37.5 Å². The van der Waals surface area contributed by atoms with Crippen LogP contribution in [0.15, 0.2) is 146 Å². The van der Waals surface area contributed by atoms with Crippen molar-refractivity contribution in [3.8, 4) is 0 Å². The number of ether oxygens (including phenoxy) is 3. The van der Waals surface area contributed by atoms with Gasteiger partial charge in [0.25, 0.3) is 8.32 Å². The van der Waals surface area contributed by atoms with Gasteiger partial charge in [-0.3, -0.25) is 9.69 Å². The highest BCUT2D eigenvalue weighted by molar-refractivity contribution is 6.99. The molecular weight excluding hydrogens is 898 g/mol. The lowest BCUT2D eigenvalue weighted by atomic mass is 9.84. The van der Waals surface area contributed by atoms with Crippen LogP contribution < -0.4 is 26.3 Å². The first-order valence-corrected chi connectivity index (χ1v) is 24.1. The number of carboxylic acid groups (broad SMARTS) is 1.